The molecule has 1 N–H and O–H groups in total. The lowest BCUT2D eigenvalue weighted by Crippen LogP contribution is -2.46. The molecule has 1 aliphatic carbocycles. The molecule has 2 aliphatic rings. The van der Waals surface area contributed by atoms with E-state index in [0.717, 1.165) is 25.7 Å². The molecular formula is C18H25FO2. The van der Waals surface area contributed by atoms with E-state index in [2.05, 4.69) is 0 Å². The van der Waals surface area contributed by atoms with Gasteiger partial charge in [-0.2, -0.15) is 0 Å². The minimum Gasteiger partial charge on any atom is -0.385 e. The van der Waals surface area contributed by atoms with Crippen molar-refractivity contribution in [2.75, 3.05) is 6.61 Å². The number of rotatable bonds is 3. The first-order valence-corrected chi connectivity index (χ1v) is 8.21. The summed E-state index contributed by atoms with van der Waals surface area (Å²) >= 11 is 0. The third kappa shape index (κ3) is 2.62. The zero-order valence-electron chi connectivity index (χ0n) is 12.8. The van der Waals surface area contributed by atoms with Crippen LogP contribution in [0.5, 0.6) is 0 Å². The van der Waals surface area contributed by atoms with Crippen molar-refractivity contribution in [1.29, 1.82) is 0 Å². The van der Waals surface area contributed by atoms with E-state index in [1.165, 1.54) is 18.9 Å². The lowest BCUT2D eigenvalue weighted by molar-refractivity contribution is -0.145. The Balaban J connectivity index is 1.90. The second kappa shape index (κ2) is 5.69. The molecule has 3 heteroatoms. The largest absolute Gasteiger partial charge is 0.385 e. The summed E-state index contributed by atoms with van der Waals surface area (Å²) in [5, 5.41) is 11.2. The second-order valence-electron chi connectivity index (χ2n) is 6.69. The topological polar surface area (TPSA) is 29.5 Å². The summed E-state index contributed by atoms with van der Waals surface area (Å²) in [5.74, 6) is -0.222. The van der Waals surface area contributed by atoms with Crippen molar-refractivity contribution in [2.24, 2.45) is 5.92 Å². The van der Waals surface area contributed by atoms with E-state index in [0.29, 0.717) is 18.6 Å². The molecule has 0 radical (unpaired) electrons. The Morgan fingerprint density at radius 1 is 1.33 bits per heavy atom. The van der Waals surface area contributed by atoms with Crippen LogP contribution in [-0.4, -0.2) is 17.3 Å². The molecule has 1 aliphatic heterocycles. The fraction of sp³-hybridized carbons (Fsp3) is 0.667. The maximum absolute atomic E-state index is 14.2. The molecule has 1 aromatic carbocycles. The van der Waals surface area contributed by atoms with Gasteiger partial charge < -0.3 is 9.84 Å². The van der Waals surface area contributed by atoms with Gasteiger partial charge in [0.1, 0.15) is 5.82 Å². The molecule has 116 valence electrons. The summed E-state index contributed by atoms with van der Waals surface area (Å²) < 4.78 is 20.3. The molecule has 2 atom stereocenters. The smallest absolute Gasteiger partial charge is 0.129 e. The number of halogens is 1. The number of hydrogen-bond donors (Lipinski definition) is 1. The third-order valence-corrected chi connectivity index (χ3v) is 5.56. The van der Waals surface area contributed by atoms with Crippen LogP contribution in [0.25, 0.3) is 0 Å². The van der Waals surface area contributed by atoms with Crippen molar-refractivity contribution in [2.45, 2.75) is 63.1 Å². The lowest BCUT2D eigenvalue weighted by atomic mass is 9.70. The van der Waals surface area contributed by atoms with Gasteiger partial charge in [0.05, 0.1) is 11.2 Å². The molecule has 1 heterocycles. The standard InChI is InChI=1S/C18H25FO2/c1-2-18(20,15-7-3-4-8-16(15)19)14-9-12-21-17(13-14)10-5-6-11-17/h3-4,7-8,14,20H,2,5-6,9-13H2,1H3. The van der Waals surface area contributed by atoms with Gasteiger partial charge in [-0.25, -0.2) is 4.39 Å². The van der Waals surface area contributed by atoms with Crippen LogP contribution < -0.4 is 0 Å². The SMILES string of the molecule is CCC(O)(c1ccccc1F)C1CCOC2(CCCC2)C1. The van der Waals surface area contributed by atoms with E-state index in [9.17, 15) is 9.50 Å². The number of aliphatic hydroxyl groups is 1. The van der Waals surface area contributed by atoms with Gasteiger partial charge in [-0.1, -0.05) is 38.0 Å². The predicted molar refractivity (Wildman–Crippen MR) is 80.5 cm³/mol. The van der Waals surface area contributed by atoms with Gasteiger partial charge in [-0.05, 0) is 44.1 Å². The van der Waals surface area contributed by atoms with Crippen LogP contribution in [0.1, 0.15) is 57.4 Å². The average molecular weight is 292 g/mol. The molecule has 0 bridgehead atoms. The maximum Gasteiger partial charge on any atom is 0.129 e. The maximum atomic E-state index is 14.2. The zero-order valence-corrected chi connectivity index (χ0v) is 12.8. The van der Waals surface area contributed by atoms with Gasteiger partial charge in [-0.15, -0.1) is 0 Å². The highest BCUT2D eigenvalue weighted by Gasteiger charge is 2.47. The molecule has 0 amide bonds. The van der Waals surface area contributed by atoms with Crippen molar-refractivity contribution in [3.05, 3.63) is 35.6 Å². The molecule has 1 saturated heterocycles. The summed E-state index contributed by atoms with van der Waals surface area (Å²) in [4.78, 5) is 0. The summed E-state index contributed by atoms with van der Waals surface area (Å²) in [7, 11) is 0. The molecule has 1 aromatic rings. The highest BCUT2D eigenvalue weighted by Crippen LogP contribution is 2.48. The molecule has 0 aromatic heterocycles. The van der Waals surface area contributed by atoms with Crippen molar-refractivity contribution >= 4 is 0 Å². The van der Waals surface area contributed by atoms with Crippen molar-refractivity contribution in [3.8, 4) is 0 Å². The van der Waals surface area contributed by atoms with Crippen LogP contribution >= 0.6 is 0 Å². The van der Waals surface area contributed by atoms with Crippen molar-refractivity contribution in [3.63, 3.8) is 0 Å². The zero-order chi connectivity index (χ0) is 14.9. The Kier molecular flexibility index (Phi) is 4.06. The lowest BCUT2D eigenvalue weighted by Gasteiger charge is -2.45. The van der Waals surface area contributed by atoms with Crippen LogP contribution in [0.4, 0.5) is 4.39 Å². The first-order valence-electron chi connectivity index (χ1n) is 8.21. The Morgan fingerprint density at radius 2 is 2.05 bits per heavy atom. The molecular weight excluding hydrogens is 267 g/mol. The Morgan fingerprint density at radius 3 is 2.71 bits per heavy atom. The first-order chi connectivity index (χ1) is 10.1. The highest BCUT2D eigenvalue weighted by molar-refractivity contribution is 5.25. The molecule has 2 nitrogen and oxygen atoms in total. The first kappa shape index (κ1) is 15.0. The Hall–Kier alpha value is -0.930. The van der Waals surface area contributed by atoms with Crippen LogP contribution in [0.3, 0.4) is 0 Å². The number of ether oxygens (including phenoxy) is 1. The number of benzene rings is 1. The normalized spacial score (nSPS) is 27.7. The quantitative estimate of drug-likeness (QED) is 0.906. The Labute approximate surface area is 126 Å². The van der Waals surface area contributed by atoms with Gasteiger partial charge in [0.2, 0.25) is 0 Å². The molecule has 2 unspecified atom stereocenters. The Bertz CT molecular complexity index is 496. The van der Waals surface area contributed by atoms with E-state index >= 15 is 0 Å². The van der Waals surface area contributed by atoms with Crippen LogP contribution in [0.2, 0.25) is 0 Å². The van der Waals surface area contributed by atoms with E-state index in [1.54, 1.807) is 12.1 Å². The minimum absolute atomic E-state index is 0.0582. The van der Waals surface area contributed by atoms with Gasteiger partial charge in [0, 0.05) is 12.2 Å². The molecule has 3 rings (SSSR count). The molecule has 21 heavy (non-hydrogen) atoms. The van der Waals surface area contributed by atoms with E-state index in [1.807, 2.05) is 13.0 Å². The van der Waals surface area contributed by atoms with Gasteiger partial charge in [0.15, 0.2) is 0 Å². The van der Waals surface area contributed by atoms with Crippen molar-refractivity contribution in [1.82, 2.24) is 0 Å². The third-order valence-electron chi connectivity index (χ3n) is 5.56. The van der Waals surface area contributed by atoms with Gasteiger partial charge in [0.25, 0.3) is 0 Å². The highest BCUT2D eigenvalue weighted by atomic mass is 19.1. The fourth-order valence-electron chi connectivity index (χ4n) is 4.31. The van der Waals surface area contributed by atoms with Gasteiger partial charge >= 0.3 is 0 Å². The van der Waals surface area contributed by atoms with Gasteiger partial charge in [-0.3, -0.25) is 0 Å². The van der Waals surface area contributed by atoms with Crippen LogP contribution in [0, 0.1) is 11.7 Å². The van der Waals surface area contributed by atoms with Crippen LogP contribution in [-0.2, 0) is 10.3 Å². The van der Waals surface area contributed by atoms with Crippen molar-refractivity contribution < 1.29 is 14.2 Å². The summed E-state index contributed by atoms with van der Waals surface area (Å²) in [6, 6.07) is 6.66. The van der Waals surface area contributed by atoms with E-state index in [-0.39, 0.29) is 17.3 Å². The van der Waals surface area contributed by atoms with E-state index < -0.39 is 5.60 Å². The summed E-state index contributed by atoms with van der Waals surface area (Å²) in [6.07, 6.45) is 6.77. The second-order valence-corrected chi connectivity index (χ2v) is 6.69. The summed E-state index contributed by atoms with van der Waals surface area (Å²) in [5.41, 5.74) is -0.685. The predicted octanol–water partition coefficient (Wildman–Crippen LogP) is 4.16. The monoisotopic (exact) mass is 292 g/mol. The summed E-state index contributed by atoms with van der Waals surface area (Å²) in [6.45, 7) is 2.63. The molecule has 1 spiro atoms. The molecule has 1 saturated carbocycles. The van der Waals surface area contributed by atoms with Crippen LogP contribution in [0.15, 0.2) is 24.3 Å². The number of hydrogen-bond acceptors (Lipinski definition) is 2. The fourth-order valence-corrected chi connectivity index (χ4v) is 4.31. The average Bonchev–Trinajstić information content (AvgIpc) is 2.95. The molecule has 2 fully saturated rings. The van der Waals surface area contributed by atoms with E-state index in [4.69, 9.17) is 4.74 Å². The minimum atomic E-state index is -1.08.